The summed E-state index contributed by atoms with van der Waals surface area (Å²) in [4.78, 5) is 11.4. The van der Waals surface area contributed by atoms with E-state index in [2.05, 4.69) is 0 Å². The second kappa shape index (κ2) is 6.08. The van der Waals surface area contributed by atoms with Crippen molar-refractivity contribution in [2.75, 3.05) is 13.2 Å². The van der Waals surface area contributed by atoms with Crippen LogP contribution in [0.25, 0.3) is 0 Å². The minimum atomic E-state index is -0.384. The number of aliphatic hydroxyl groups is 2. The Morgan fingerprint density at radius 3 is 2.13 bits per heavy atom. The zero-order valence-electron chi connectivity index (χ0n) is 9.06. The van der Waals surface area contributed by atoms with Gasteiger partial charge in [0.2, 0.25) is 5.91 Å². The van der Waals surface area contributed by atoms with Gasteiger partial charge in [-0.05, 0) is 18.8 Å². The molecule has 4 heteroatoms. The Morgan fingerprint density at radius 2 is 1.73 bits per heavy atom. The smallest absolute Gasteiger partial charge is 0.221 e. The third kappa shape index (κ3) is 3.18. The number of nitrogens with two attached hydrogens (primary N) is 1. The third-order valence-corrected chi connectivity index (χ3v) is 3.46. The monoisotopic (exact) mass is 215 g/mol. The summed E-state index contributed by atoms with van der Waals surface area (Å²) in [6.45, 7) is -0.332. The molecule has 1 aliphatic rings. The van der Waals surface area contributed by atoms with Crippen LogP contribution in [0.4, 0.5) is 0 Å². The van der Waals surface area contributed by atoms with Crippen LogP contribution < -0.4 is 5.73 Å². The Kier molecular flexibility index (Phi) is 5.05. The van der Waals surface area contributed by atoms with Gasteiger partial charge >= 0.3 is 0 Å². The Labute approximate surface area is 90.5 Å². The minimum Gasteiger partial charge on any atom is -0.396 e. The van der Waals surface area contributed by atoms with Crippen LogP contribution in [0, 0.1) is 17.8 Å². The predicted molar refractivity (Wildman–Crippen MR) is 56.9 cm³/mol. The van der Waals surface area contributed by atoms with Crippen molar-refractivity contribution in [3.63, 3.8) is 0 Å². The van der Waals surface area contributed by atoms with Crippen molar-refractivity contribution in [2.45, 2.75) is 32.1 Å². The van der Waals surface area contributed by atoms with Crippen molar-refractivity contribution in [1.29, 1.82) is 0 Å². The molecule has 1 atom stereocenters. The molecule has 0 aromatic carbocycles. The van der Waals surface area contributed by atoms with Crippen molar-refractivity contribution >= 4 is 5.91 Å². The van der Waals surface area contributed by atoms with E-state index in [0.717, 1.165) is 25.7 Å². The summed E-state index contributed by atoms with van der Waals surface area (Å²) in [5, 5.41) is 18.2. The highest BCUT2D eigenvalue weighted by atomic mass is 16.3. The fourth-order valence-corrected chi connectivity index (χ4v) is 2.63. The van der Waals surface area contributed by atoms with E-state index in [1.165, 1.54) is 6.42 Å². The van der Waals surface area contributed by atoms with E-state index in [4.69, 9.17) is 15.9 Å². The molecule has 0 bridgehead atoms. The molecule has 88 valence electrons. The van der Waals surface area contributed by atoms with Crippen molar-refractivity contribution < 1.29 is 15.0 Å². The van der Waals surface area contributed by atoms with Gasteiger partial charge in [-0.1, -0.05) is 19.3 Å². The van der Waals surface area contributed by atoms with Crippen molar-refractivity contribution in [1.82, 2.24) is 0 Å². The van der Waals surface area contributed by atoms with Crippen LogP contribution in [0.15, 0.2) is 0 Å². The SMILES string of the molecule is NC(=O)C(C(CO)CO)C1CCCCC1. The van der Waals surface area contributed by atoms with Crippen molar-refractivity contribution in [2.24, 2.45) is 23.5 Å². The van der Waals surface area contributed by atoms with Crippen LogP contribution in [0.5, 0.6) is 0 Å². The van der Waals surface area contributed by atoms with Crippen LogP contribution in [0.1, 0.15) is 32.1 Å². The average molecular weight is 215 g/mol. The molecule has 4 N–H and O–H groups in total. The second-order valence-corrected chi connectivity index (χ2v) is 4.45. The molecule has 0 aromatic rings. The van der Waals surface area contributed by atoms with E-state index in [1.54, 1.807) is 0 Å². The van der Waals surface area contributed by atoms with E-state index in [1.807, 2.05) is 0 Å². The summed E-state index contributed by atoms with van der Waals surface area (Å²) in [6, 6.07) is 0. The first-order valence-electron chi connectivity index (χ1n) is 5.71. The number of amides is 1. The van der Waals surface area contributed by atoms with Crippen molar-refractivity contribution in [3.8, 4) is 0 Å². The highest BCUT2D eigenvalue weighted by Crippen LogP contribution is 2.33. The summed E-state index contributed by atoms with van der Waals surface area (Å²) in [7, 11) is 0. The summed E-state index contributed by atoms with van der Waals surface area (Å²) < 4.78 is 0. The molecular formula is C11H21NO3. The van der Waals surface area contributed by atoms with Gasteiger partial charge in [-0.25, -0.2) is 0 Å². The molecule has 4 nitrogen and oxygen atoms in total. The van der Waals surface area contributed by atoms with Crippen LogP contribution in [-0.2, 0) is 4.79 Å². The molecule has 0 saturated heterocycles. The first-order valence-corrected chi connectivity index (χ1v) is 5.71. The lowest BCUT2D eigenvalue weighted by Crippen LogP contribution is -2.39. The van der Waals surface area contributed by atoms with Gasteiger partial charge < -0.3 is 15.9 Å². The van der Waals surface area contributed by atoms with E-state index in [9.17, 15) is 4.79 Å². The molecule has 1 fully saturated rings. The molecule has 0 aromatic heterocycles. The molecule has 0 heterocycles. The van der Waals surface area contributed by atoms with Crippen LogP contribution in [0.2, 0.25) is 0 Å². The number of carbonyl (C=O) groups excluding carboxylic acids is 1. The van der Waals surface area contributed by atoms with Gasteiger partial charge in [-0.2, -0.15) is 0 Å². The largest absolute Gasteiger partial charge is 0.396 e. The fourth-order valence-electron chi connectivity index (χ4n) is 2.63. The molecule has 1 aliphatic carbocycles. The zero-order valence-corrected chi connectivity index (χ0v) is 9.06. The number of hydrogen-bond acceptors (Lipinski definition) is 3. The molecule has 1 amide bonds. The maximum Gasteiger partial charge on any atom is 0.221 e. The standard InChI is InChI=1S/C11H21NO3/c12-11(15)10(9(6-13)7-14)8-4-2-1-3-5-8/h8-10,13-14H,1-7H2,(H2,12,15). The van der Waals surface area contributed by atoms with Crippen LogP contribution in [-0.4, -0.2) is 29.3 Å². The van der Waals surface area contributed by atoms with Gasteiger partial charge in [0.1, 0.15) is 0 Å². The Balaban J connectivity index is 2.66. The van der Waals surface area contributed by atoms with Crippen LogP contribution in [0.3, 0.4) is 0 Å². The van der Waals surface area contributed by atoms with E-state index >= 15 is 0 Å². The molecule has 15 heavy (non-hydrogen) atoms. The molecule has 1 saturated carbocycles. The first-order chi connectivity index (χ1) is 7.20. The maximum absolute atomic E-state index is 11.4. The lowest BCUT2D eigenvalue weighted by Gasteiger charge is -2.32. The van der Waals surface area contributed by atoms with Gasteiger partial charge in [-0.3, -0.25) is 4.79 Å². The minimum absolute atomic E-state index is 0.166. The fraction of sp³-hybridized carbons (Fsp3) is 0.909. The molecular weight excluding hydrogens is 194 g/mol. The van der Waals surface area contributed by atoms with Gasteiger partial charge in [-0.15, -0.1) is 0 Å². The molecule has 0 spiro atoms. The predicted octanol–water partition coefficient (Wildman–Crippen LogP) is 0.269. The Morgan fingerprint density at radius 1 is 1.20 bits per heavy atom. The van der Waals surface area contributed by atoms with Gasteiger partial charge in [0.25, 0.3) is 0 Å². The topological polar surface area (TPSA) is 83.6 Å². The lowest BCUT2D eigenvalue weighted by molar-refractivity contribution is -0.127. The lowest BCUT2D eigenvalue weighted by atomic mass is 9.74. The highest BCUT2D eigenvalue weighted by molar-refractivity contribution is 5.77. The van der Waals surface area contributed by atoms with E-state index < -0.39 is 0 Å². The van der Waals surface area contributed by atoms with Crippen LogP contribution >= 0.6 is 0 Å². The Bertz CT molecular complexity index is 198. The number of hydrogen-bond donors (Lipinski definition) is 3. The number of aliphatic hydroxyl groups excluding tert-OH is 2. The third-order valence-electron chi connectivity index (χ3n) is 3.46. The van der Waals surface area contributed by atoms with Gasteiger partial charge in [0.15, 0.2) is 0 Å². The average Bonchev–Trinajstić information content (AvgIpc) is 2.26. The summed E-state index contributed by atoms with van der Waals surface area (Å²) in [5.74, 6) is -0.874. The molecule has 0 radical (unpaired) electrons. The number of carbonyl (C=O) groups is 1. The summed E-state index contributed by atoms with van der Waals surface area (Å²) in [5.41, 5.74) is 5.36. The summed E-state index contributed by atoms with van der Waals surface area (Å²) >= 11 is 0. The normalized spacial score (nSPS) is 20.5. The second-order valence-electron chi connectivity index (χ2n) is 4.45. The van der Waals surface area contributed by atoms with Gasteiger partial charge in [0.05, 0.1) is 0 Å². The molecule has 1 rings (SSSR count). The molecule has 0 aliphatic heterocycles. The van der Waals surface area contributed by atoms with Crippen molar-refractivity contribution in [3.05, 3.63) is 0 Å². The maximum atomic E-state index is 11.4. The van der Waals surface area contributed by atoms with E-state index in [0.29, 0.717) is 0 Å². The zero-order chi connectivity index (χ0) is 11.3. The number of rotatable bonds is 5. The highest BCUT2D eigenvalue weighted by Gasteiger charge is 2.33. The summed E-state index contributed by atoms with van der Waals surface area (Å²) in [6.07, 6.45) is 5.44. The number of primary amides is 1. The molecule has 1 unspecified atom stereocenters. The Hall–Kier alpha value is -0.610. The quantitative estimate of drug-likeness (QED) is 0.615. The first kappa shape index (κ1) is 12.5. The van der Waals surface area contributed by atoms with E-state index in [-0.39, 0.29) is 36.9 Å². The van der Waals surface area contributed by atoms with Gasteiger partial charge in [0, 0.05) is 25.0 Å².